The highest BCUT2D eigenvalue weighted by Gasteiger charge is 2.52. The van der Waals surface area contributed by atoms with Crippen LogP contribution in [0.25, 0.3) is 0 Å². The summed E-state index contributed by atoms with van der Waals surface area (Å²) in [7, 11) is 0. The fourth-order valence-corrected chi connectivity index (χ4v) is 4.62. The molecule has 0 spiro atoms. The van der Waals surface area contributed by atoms with E-state index in [2.05, 4.69) is 0 Å². The van der Waals surface area contributed by atoms with E-state index in [4.69, 9.17) is 28.4 Å². The van der Waals surface area contributed by atoms with Crippen LogP contribution in [-0.4, -0.2) is 170 Å². The van der Waals surface area contributed by atoms with Crippen molar-refractivity contribution in [2.24, 2.45) is 0 Å². The first-order chi connectivity index (χ1) is 18.5. The number of aliphatic hydroxyl groups is 10. The number of unbranched alkanes of at least 4 members (excludes halogenated alkanes) is 2. The topological polar surface area (TPSA) is 258 Å². The summed E-state index contributed by atoms with van der Waals surface area (Å²) in [5.41, 5.74) is 0. The van der Waals surface area contributed by atoms with E-state index in [1.54, 1.807) is 0 Å². The molecule has 0 aromatic rings. The van der Waals surface area contributed by atoms with E-state index in [1.165, 1.54) is 0 Å². The Labute approximate surface area is 224 Å². The average molecular weight is 575 g/mol. The Morgan fingerprint density at radius 2 is 1.05 bits per heavy atom. The van der Waals surface area contributed by atoms with Crippen LogP contribution in [-0.2, 0) is 28.4 Å². The number of rotatable bonds is 12. The molecule has 3 aliphatic rings. The van der Waals surface area contributed by atoms with E-state index < -0.39 is 112 Å². The molecule has 16 nitrogen and oxygen atoms in total. The maximum absolute atomic E-state index is 11.0. The highest BCUT2D eigenvalue weighted by atomic mass is 16.7. The first-order valence-corrected chi connectivity index (χ1v) is 13.1. The Kier molecular flexibility index (Phi) is 12.7. The predicted octanol–water partition coefficient (Wildman–Crippen LogP) is -5.36. The van der Waals surface area contributed by atoms with Gasteiger partial charge in [-0.2, -0.15) is 0 Å². The molecule has 0 saturated carbocycles. The van der Waals surface area contributed by atoms with Gasteiger partial charge in [-0.25, -0.2) is 0 Å². The van der Waals surface area contributed by atoms with Gasteiger partial charge in [0.25, 0.3) is 0 Å². The molecular weight excluding hydrogens is 532 g/mol. The fourth-order valence-electron chi connectivity index (χ4n) is 4.62. The molecular formula is C23H42O16. The maximum atomic E-state index is 11.0. The third-order valence-electron chi connectivity index (χ3n) is 7.08. The summed E-state index contributed by atoms with van der Waals surface area (Å²) in [6.45, 7) is 0.252. The minimum absolute atomic E-state index is 0.179. The van der Waals surface area contributed by atoms with Gasteiger partial charge >= 0.3 is 0 Å². The quantitative estimate of drug-likeness (QED) is 0.0976. The molecule has 3 rings (SSSR count). The molecule has 10 N–H and O–H groups in total. The lowest BCUT2D eigenvalue weighted by molar-refractivity contribution is -0.366. The molecule has 0 bridgehead atoms. The normalized spacial score (nSPS) is 47.3. The number of hydrogen-bond donors (Lipinski definition) is 10. The van der Waals surface area contributed by atoms with E-state index in [1.807, 2.05) is 6.92 Å². The van der Waals surface area contributed by atoms with Gasteiger partial charge in [-0.05, 0) is 6.42 Å². The lowest BCUT2D eigenvalue weighted by Crippen LogP contribution is -2.65. The Morgan fingerprint density at radius 3 is 1.62 bits per heavy atom. The van der Waals surface area contributed by atoms with Gasteiger partial charge in [-0.15, -0.1) is 0 Å². The first-order valence-electron chi connectivity index (χ1n) is 13.1. The lowest BCUT2D eigenvalue weighted by Gasteiger charge is -2.46. The monoisotopic (exact) mass is 574 g/mol. The molecule has 16 heteroatoms. The van der Waals surface area contributed by atoms with E-state index in [9.17, 15) is 51.1 Å². The third-order valence-corrected chi connectivity index (χ3v) is 7.08. The van der Waals surface area contributed by atoms with Crippen molar-refractivity contribution in [2.45, 2.75) is 118 Å². The summed E-state index contributed by atoms with van der Waals surface area (Å²) in [5.74, 6) is 0. The van der Waals surface area contributed by atoms with Crippen LogP contribution < -0.4 is 0 Å². The summed E-state index contributed by atoms with van der Waals surface area (Å²) in [6.07, 6.45) is -21.1. The first kappa shape index (κ1) is 32.9. The van der Waals surface area contributed by atoms with Crippen molar-refractivity contribution in [3.05, 3.63) is 0 Å². The minimum atomic E-state index is -1.81. The smallest absolute Gasteiger partial charge is 0.187 e. The van der Waals surface area contributed by atoms with Crippen molar-refractivity contribution in [3.63, 3.8) is 0 Å². The van der Waals surface area contributed by atoms with Crippen LogP contribution in [0, 0.1) is 0 Å². The van der Waals surface area contributed by atoms with Gasteiger partial charge in [-0.3, -0.25) is 0 Å². The second kappa shape index (κ2) is 15.0. The molecule has 3 aliphatic heterocycles. The van der Waals surface area contributed by atoms with Crippen LogP contribution in [0.5, 0.6) is 0 Å². The van der Waals surface area contributed by atoms with Crippen molar-refractivity contribution >= 4 is 0 Å². The largest absolute Gasteiger partial charge is 0.394 e. The van der Waals surface area contributed by atoms with Gasteiger partial charge in [0.15, 0.2) is 18.9 Å². The summed E-state index contributed by atoms with van der Waals surface area (Å²) >= 11 is 0. The van der Waals surface area contributed by atoms with Gasteiger partial charge in [0.2, 0.25) is 0 Å². The van der Waals surface area contributed by atoms with Crippen LogP contribution in [0.3, 0.4) is 0 Å². The number of ether oxygens (including phenoxy) is 6. The summed E-state index contributed by atoms with van der Waals surface area (Å²) < 4.78 is 33.1. The van der Waals surface area contributed by atoms with Crippen molar-refractivity contribution < 1.29 is 79.5 Å². The third kappa shape index (κ3) is 7.61. The second-order valence-electron chi connectivity index (χ2n) is 9.93. The van der Waals surface area contributed by atoms with Crippen LogP contribution in [0.4, 0.5) is 0 Å². The molecule has 0 radical (unpaired) electrons. The summed E-state index contributed by atoms with van der Waals surface area (Å²) in [6, 6.07) is 0. The molecule has 230 valence electrons. The molecule has 0 aliphatic carbocycles. The van der Waals surface area contributed by atoms with E-state index in [0.717, 1.165) is 12.8 Å². The molecule has 39 heavy (non-hydrogen) atoms. The van der Waals surface area contributed by atoms with Crippen LogP contribution in [0.2, 0.25) is 0 Å². The standard InChI is InChI=1S/C23H42O16/c1-2-3-4-5-34-22-19(33)20(39-23-18(32)16(30)13(27)10(7-25)37-23)14(28)11(38-22)8-35-21-17(31)15(29)12(26)9(6-24)36-21/h9-33H,2-8H2,1H3/t9-,10-,11-,12-,13-,14-,15+,16+,17+,18+,19+,20+,21+,22-,23-/m1/s1. The van der Waals surface area contributed by atoms with Gasteiger partial charge in [-0.1, -0.05) is 19.8 Å². The molecule has 0 aromatic heterocycles. The fraction of sp³-hybridized carbons (Fsp3) is 1.00. The highest BCUT2D eigenvalue weighted by molar-refractivity contribution is 4.95. The zero-order valence-corrected chi connectivity index (χ0v) is 21.5. The summed E-state index contributed by atoms with van der Waals surface area (Å²) in [4.78, 5) is 0. The van der Waals surface area contributed by atoms with Gasteiger partial charge in [0.1, 0.15) is 73.2 Å². The van der Waals surface area contributed by atoms with Crippen LogP contribution in [0.1, 0.15) is 26.2 Å². The van der Waals surface area contributed by atoms with Crippen LogP contribution in [0.15, 0.2) is 0 Å². The lowest BCUT2D eigenvalue weighted by atomic mass is 9.96. The Bertz CT molecular complexity index is 714. The van der Waals surface area contributed by atoms with Gasteiger partial charge in [0.05, 0.1) is 19.8 Å². The minimum Gasteiger partial charge on any atom is -0.394 e. The second-order valence-corrected chi connectivity index (χ2v) is 9.93. The highest BCUT2D eigenvalue weighted by Crippen LogP contribution is 2.31. The molecule has 3 heterocycles. The predicted molar refractivity (Wildman–Crippen MR) is 125 cm³/mol. The SMILES string of the molecule is CCCCCO[C@@H]1O[C@H](CO[C@H]2O[C@H](CO)[C@@H](O)[C@H](O)[C@@H]2O)[C@@H](O)[C@H](O[C@H]2O[C@H](CO)[C@@H](O)[C@H](O)[C@@H]2O)[C@@H]1O. The zero-order valence-electron chi connectivity index (χ0n) is 21.5. The Hall–Kier alpha value is -0.640. The van der Waals surface area contributed by atoms with E-state index in [-0.39, 0.29) is 6.61 Å². The van der Waals surface area contributed by atoms with Crippen molar-refractivity contribution in [1.82, 2.24) is 0 Å². The number of aliphatic hydroxyl groups excluding tert-OH is 10. The molecule has 3 saturated heterocycles. The van der Waals surface area contributed by atoms with E-state index >= 15 is 0 Å². The van der Waals surface area contributed by atoms with Crippen molar-refractivity contribution in [3.8, 4) is 0 Å². The molecule has 3 fully saturated rings. The van der Waals surface area contributed by atoms with Crippen molar-refractivity contribution in [2.75, 3.05) is 26.4 Å². The van der Waals surface area contributed by atoms with E-state index in [0.29, 0.717) is 6.42 Å². The van der Waals surface area contributed by atoms with Crippen LogP contribution >= 0.6 is 0 Å². The van der Waals surface area contributed by atoms with Gasteiger partial charge < -0.3 is 79.5 Å². The van der Waals surface area contributed by atoms with Crippen molar-refractivity contribution in [1.29, 1.82) is 0 Å². The number of hydrogen-bond acceptors (Lipinski definition) is 16. The maximum Gasteiger partial charge on any atom is 0.187 e. The average Bonchev–Trinajstić information content (AvgIpc) is 2.93. The molecule has 0 unspecified atom stereocenters. The Balaban J connectivity index is 1.73. The molecule has 0 amide bonds. The zero-order chi connectivity index (χ0) is 28.9. The Morgan fingerprint density at radius 1 is 0.538 bits per heavy atom. The molecule has 0 aromatic carbocycles. The summed E-state index contributed by atoms with van der Waals surface area (Å²) in [5, 5.41) is 101. The van der Waals surface area contributed by atoms with Gasteiger partial charge in [0, 0.05) is 6.61 Å². The molecule has 15 atom stereocenters.